The highest BCUT2D eigenvalue weighted by Crippen LogP contribution is 1.96. The maximum atomic E-state index is 8.22. The lowest BCUT2D eigenvalue weighted by Crippen LogP contribution is -2.10. The third kappa shape index (κ3) is 1.51. The third-order valence-electron chi connectivity index (χ3n) is 1.93. The van der Waals surface area contributed by atoms with Crippen molar-refractivity contribution in [3.05, 3.63) is 34.0 Å². The molecule has 0 aromatic carbocycles. The van der Waals surface area contributed by atoms with Crippen LogP contribution in [0.4, 0.5) is 0 Å². The lowest BCUT2D eigenvalue weighted by Gasteiger charge is -2.06. The highest BCUT2D eigenvalue weighted by molar-refractivity contribution is 5.11. The van der Waals surface area contributed by atoms with Gasteiger partial charge in [-0.25, -0.2) is 0 Å². The molecule has 1 aromatic heterocycles. The molecule has 0 spiro atoms. The number of aromatic nitrogens is 1. The maximum absolute atomic E-state index is 8.22. The van der Waals surface area contributed by atoms with Crippen molar-refractivity contribution in [2.45, 2.75) is 13.8 Å². The Labute approximate surface area is 70.8 Å². The molecule has 12 heavy (non-hydrogen) atoms. The summed E-state index contributed by atoms with van der Waals surface area (Å²) in [5, 5.41) is 15.2. The summed E-state index contributed by atoms with van der Waals surface area (Å²) in [6, 6.07) is 3.71. The first-order valence-electron chi connectivity index (χ1n) is 3.67. The van der Waals surface area contributed by atoms with E-state index in [-0.39, 0.29) is 0 Å². The topological polar surface area (TPSA) is 45.4 Å². The van der Waals surface area contributed by atoms with Gasteiger partial charge in [0.05, 0.1) is 0 Å². The Morgan fingerprint density at radius 1 is 1.33 bits per heavy atom. The van der Waals surface area contributed by atoms with Crippen molar-refractivity contribution in [3.63, 3.8) is 0 Å². The van der Waals surface area contributed by atoms with Crippen LogP contribution in [0.1, 0.15) is 11.4 Å². The van der Waals surface area contributed by atoms with Gasteiger partial charge in [0.1, 0.15) is 0 Å². The van der Waals surface area contributed by atoms with Crippen molar-refractivity contribution < 1.29 is 0 Å². The van der Waals surface area contributed by atoms with E-state index in [1.54, 1.807) is 0 Å². The van der Waals surface area contributed by atoms with Crippen LogP contribution in [0.25, 0.3) is 5.08 Å². The highest BCUT2D eigenvalue weighted by Gasteiger charge is 1.96. The third-order valence-corrected chi connectivity index (χ3v) is 1.93. The molecule has 0 N–H and O–H groups in total. The molecular formula is C8H11N4+. The number of hydrogen-bond acceptors (Lipinski definition) is 2. The van der Waals surface area contributed by atoms with E-state index in [1.807, 2.05) is 37.6 Å². The largest absolute Gasteiger partial charge is 0.352 e. The van der Waals surface area contributed by atoms with Crippen LogP contribution in [0.5, 0.6) is 0 Å². The zero-order valence-corrected chi connectivity index (χ0v) is 7.44. The quantitative estimate of drug-likeness (QED) is 0.420. The fourth-order valence-electron chi connectivity index (χ4n) is 1.05. The van der Waals surface area contributed by atoms with E-state index in [0.29, 0.717) is 5.36 Å². The lowest BCUT2D eigenvalue weighted by molar-refractivity contribution is 0.810. The van der Waals surface area contributed by atoms with Crippen LogP contribution >= 0.6 is 0 Å². The Hall–Kier alpha value is -1.63. The molecule has 0 aliphatic heterocycles. The molecule has 62 valence electrons. The average Bonchev–Trinajstić information content (AvgIpc) is 2.01. The molecule has 0 radical (unpaired) electrons. The second-order valence-electron chi connectivity index (χ2n) is 2.74. The number of hydrogen-bond donors (Lipinski definition) is 0. The van der Waals surface area contributed by atoms with Crippen LogP contribution in [0.15, 0.2) is 17.2 Å². The predicted molar refractivity (Wildman–Crippen MR) is 45.5 cm³/mol. The predicted octanol–water partition coefficient (Wildman–Crippen LogP) is 1.31. The summed E-state index contributed by atoms with van der Waals surface area (Å²) in [5.41, 5.74) is 2.16. The molecule has 0 unspecified atom stereocenters. The molecule has 1 heterocycles. The second kappa shape index (κ2) is 3.18. The average molecular weight is 163 g/mol. The molecule has 0 bridgehead atoms. The van der Waals surface area contributed by atoms with E-state index in [9.17, 15) is 0 Å². The Bertz CT molecular complexity index is 368. The van der Waals surface area contributed by atoms with Gasteiger partial charge >= 0.3 is 5.08 Å². The fraction of sp³-hybridized carbons (Fsp3) is 0.375. The van der Waals surface area contributed by atoms with Gasteiger partial charge in [0.15, 0.2) is 10.5 Å². The number of rotatable bonds is 0. The summed E-state index contributed by atoms with van der Waals surface area (Å²) in [5.74, 6) is 0. The Kier molecular flexibility index (Phi) is 2.24. The van der Waals surface area contributed by atoms with Gasteiger partial charge in [0, 0.05) is 18.4 Å². The van der Waals surface area contributed by atoms with Gasteiger partial charge < -0.3 is 4.57 Å². The normalized spacial score (nSPS) is 9.17. The Balaban J connectivity index is 3.44. The van der Waals surface area contributed by atoms with Crippen molar-refractivity contribution in [1.29, 1.82) is 5.39 Å². The zero-order chi connectivity index (χ0) is 9.14. The first kappa shape index (κ1) is 8.47. The minimum absolute atomic E-state index is 0.672. The molecule has 0 aliphatic rings. The minimum Gasteiger partial charge on any atom is -0.352 e. The molecular weight excluding hydrogens is 152 g/mol. The van der Waals surface area contributed by atoms with Crippen LogP contribution in [0.2, 0.25) is 0 Å². The van der Waals surface area contributed by atoms with Gasteiger partial charge in [-0.15, -0.1) is 0 Å². The van der Waals surface area contributed by atoms with E-state index in [4.69, 9.17) is 5.39 Å². The fourth-order valence-corrected chi connectivity index (χ4v) is 1.05. The van der Waals surface area contributed by atoms with Crippen molar-refractivity contribution >= 4 is 0 Å². The van der Waals surface area contributed by atoms with Crippen molar-refractivity contribution in [3.8, 4) is 0 Å². The lowest BCUT2D eigenvalue weighted by atomic mass is 10.3. The number of aryl methyl sites for hydroxylation is 2. The SMILES string of the molecule is Cc1cc(=N[N+]#N)cc(C)n1C. The van der Waals surface area contributed by atoms with Gasteiger partial charge in [-0.2, -0.15) is 0 Å². The second-order valence-corrected chi connectivity index (χ2v) is 2.74. The molecule has 4 heteroatoms. The first-order chi connectivity index (χ1) is 5.65. The van der Waals surface area contributed by atoms with Crippen LogP contribution in [0.3, 0.4) is 0 Å². The standard InChI is InChI=1S/C8H11N4/c1-6-4-8(10-11-9)5-7(2)12(6)3/h4-5H,1-3H3/q+1. The minimum atomic E-state index is 0.672. The molecule has 0 fully saturated rings. The Morgan fingerprint density at radius 3 is 2.25 bits per heavy atom. The molecule has 0 amide bonds. The van der Waals surface area contributed by atoms with Crippen molar-refractivity contribution in [1.82, 2.24) is 4.57 Å². The number of nitrogens with zero attached hydrogens (tertiary/aromatic N) is 4. The molecule has 1 rings (SSSR count). The monoisotopic (exact) mass is 163 g/mol. The van der Waals surface area contributed by atoms with Gasteiger partial charge in [-0.1, -0.05) is 0 Å². The van der Waals surface area contributed by atoms with E-state index in [1.165, 1.54) is 0 Å². The molecule has 0 aliphatic carbocycles. The smallest absolute Gasteiger partial charge is 0.339 e. The molecule has 1 aromatic rings. The highest BCUT2D eigenvalue weighted by atomic mass is 15.2. The molecule has 0 atom stereocenters. The van der Waals surface area contributed by atoms with Crippen LogP contribution in [-0.2, 0) is 7.05 Å². The van der Waals surface area contributed by atoms with Crippen LogP contribution < -0.4 is 5.36 Å². The van der Waals surface area contributed by atoms with Crippen molar-refractivity contribution in [2.24, 2.45) is 12.1 Å². The van der Waals surface area contributed by atoms with E-state index in [2.05, 4.69) is 10.2 Å². The molecule has 4 nitrogen and oxygen atoms in total. The maximum Gasteiger partial charge on any atom is 0.339 e. The zero-order valence-electron chi connectivity index (χ0n) is 7.44. The number of pyridine rings is 1. The van der Waals surface area contributed by atoms with Gasteiger partial charge in [-0.05, 0) is 26.0 Å². The van der Waals surface area contributed by atoms with Crippen molar-refractivity contribution in [2.75, 3.05) is 0 Å². The summed E-state index contributed by atoms with van der Waals surface area (Å²) in [7, 11) is 1.98. The van der Waals surface area contributed by atoms with Gasteiger partial charge in [0.25, 0.3) is 5.39 Å². The number of diazo groups is 1. The summed E-state index contributed by atoms with van der Waals surface area (Å²) >= 11 is 0. The Morgan fingerprint density at radius 2 is 1.83 bits per heavy atom. The summed E-state index contributed by atoms with van der Waals surface area (Å²) in [6.45, 7) is 3.95. The van der Waals surface area contributed by atoms with Crippen LogP contribution in [-0.4, -0.2) is 4.57 Å². The first-order valence-corrected chi connectivity index (χ1v) is 3.67. The summed E-state index contributed by atoms with van der Waals surface area (Å²) in [4.78, 5) is 0. The summed E-state index contributed by atoms with van der Waals surface area (Å²) < 4.78 is 2.04. The van der Waals surface area contributed by atoms with Gasteiger partial charge in [0.2, 0.25) is 0 Å². The van der Waals surface area contributed by atoms with E-state index >= 15 is 0 Å². The van der Waals surface area contributed by atoms with Crippen LogP contribution in [0, 0.1) is 19.2 Å². The molecule has 0 saturated carbocycles. The van der Waals surface area contributed by atoms with E-state index < -0.39 is 0 Å². The summed E-state index contributed by atoms with van der Waals surface area (Å²) in [6.07, 6.45) is 0. The molecule has 0 saturated heterocycles. The van der Waals surface area contributed by atoms with E-state index in [0.717, 1.165) is 11.4 Å². The van der Waals surface area contributed by atoms with Gasteiger partial charge in [-0.3, -0.25) is 0 Å².